The van der Waals surface area contributed by atoms with Crippen LogP contribution in [0.25, 0.3) is 11.1 Å². The van der Waals surface area contributed by atoms with Gasteiger partial charge in [0.1, 0.15) is 11.4 Å². The molecule has 1 aliphatic heterocycles. The standard InChI is InChI=1S/C26H27N3O5/c1-15(24(32)34-6)27-22(30)16(2)29-14-21-19(8-7-9-20(21)23(29)31)17-10-12-18(13-11-17)28-25(33)26(3,4)5/h7-13H,1-2,14H2,3-6H3,(H,27,30)(H,28,33). The fourth-order valence-corrected chi connectivity index (χ4v) is 3.38. The number of hydrogen-bond acceptors (Lipinski definition) is 5. The summed E-state index contributed by atoms with van der Waals surface area (Å²) in [6.07, 6.45) is 0. The van der Waals surface area contributed by atoms with Crippen molar-refractivity contribution in [2.45, 2.75) is 27.3 Å². The average molecular weight is 462 g/mol. The predicted molar refractivity (Wildman–Crippen MR) is 128 cm³/mol. The molecule has 0 fully saturated rings. The van der Waals surface area contributed by atoms with Gasteiger partial charge in [-0.05, 0) is 34.9 Å². The molecule has 0 atom stereocenters. The van der Waals surface area contributed by atoms with Gasteiger partial charge >= 0.3 is 5.97 Å². The third-order valence-corrected chi connectivity index (χ3v) is 5.39. The normalized spacial score (nSPS) is 12.6. The molecule has 0 aliphatic carbocycles. The summed E-state index contributed by atoms with van der Waals surface area (Å²) in [6, 6.07) is 12.7. The van der Waals surface area contributed by atoms with Crippen LogP contribution < -0.4 is 10.6 Å². The number of benzene rings is 2. The lowest BCUT2D eigenvalue weighted by atomic mass is 9.95. The molecule has 0 saturated heterocycles. The number of nitrogens with one attached hydrogen (secondary N) is 2. The van der Waals surface area contributed by atoms with E-state index in [9.17, 15) is 19.2 Å². The van der Waals surface area contributed by atoms with Crippen LogP contribution in [-0.4, -0.2) is 35.7 Å². The van der Waals surface area contributed by atoms with Gasteiger partial charge in [-0.15, -0.1) is 0 Å². The van der Waals surface area contributed by atoms with Crippen LogP contribution in [0.5, 0.6) is 0 Å². The first-order valence-corrected chi connectivity index (χ1v) is 10.6. The molecule has 34 heavy (non-hydrogen) atoms. The van der Waals surface area contributed by atoms with E-state index in [1.54, 1.807) is 24.3 Å². The summed E-state index contributed by atoms with van der Waals surface area (Å²) in [5, 5.41) is 5.18. The van der Waals surface area contributed by atoms with Crippen LogP contribution in [0.15, 0.2) is 67.0 Å². The topological polar surface area (TPSA) is 105 Å². The van der Waals surface area contributed by atoms with Crippen LogP contribution in [0.4, 0.5) is 5.69 Å². The van der Waals surface area contributed by atoms with E-state index < -0.39 is 17.3 Å². The number of ether oxygens (including phenoxy) is 1. The van der Waals surface area contributed by atoms with E-state index in [2.05, 4.69) is 28.5 Å². The van der Waals surface area contributed by atoms with Crippen LogP contribution in [0.2, 0.25) is 0 Å². The van der Waals surface area contributed by atoms with E-state index in [1.165, 1.54) is 12.0 Å². The second-order valence-electron chi connectivity index (χ2n) is 8.88. The molecular weight excluding hydrogens is 434 g/mol. The first-order valence-electron chi connectivity index (χ1n) is 10.6. The molecule has 3 amide bonds. The molecule has 1 aliphatic rings. The Labute approximate surface area is 198 Å². The zero-order valence-electron chi connectivity index (χ0n) is 19.7. The predicted octanol–water partition coefficient (Wildman–Crippen LogP) is 3.61. The van der Waals surface area contributed by atoms with Gasteiger partial charge in [0, 0.05) is 16.7 Å². The minimum Gasteiger partial charge on any atom is -0.464 e. The van der Waals surface area contributed by atoms with Gasteiger partial charge < -0.3 is 15.4 Å². The van der Waals surface area contributed by atoms with Crippen molar-refractivity contribution in [2.75, 3.05) is 12.4 Å². The molecule has 3 rings (SSSR count). The Morgan fingerprint density at radius 1 is 1.00 bits per heavy atom. The molecule has 0 bridgehead atoms. The Balaban J connectivity index is 1.81. The maximum Gasteiger partial charge on any atom is 0.353 e. The Hall–Kier alpha value is -4.20. The molecule has 1 heterocycles. The summed E-state index contributed by atoms with van der Waals surface area (Å²) in [5.74, 6) is -1.97. The Morgan fingerprint density at radius 2 is 1.62 bits per heavy atom. The maximum atomic E-state index is 13.0. The molecular formula is C26H27N3O5. The molecule has 0 unspecified atom stereocenters. The van der Waals surface area contributed by atoms with Gasteiger partial charge in [-0.2, -0.15) is 0 Å². The molecule has 0 radical (unpaired) electrons. The second kappa shape index (κ2) is 9.35. The Bertz CT molecular complexity index is 1210. The summed E-state index contributed by atoms with van der Waals surface area (Å²) >= 11 is 0. The van der Waals surface area contributed by atoms with E-state index >= 15 is 0 Å². The number of anilines is 1. The van der Waals surface area contributed by atoms with Crippen molar-refractivity contribution in [3.05, 3.63) is 78.1 Å². The van der Waals surface area contributed by atoms with E-state index in [-0.39, 0.29) is 29.8 Å². The summed E-state index contributed by atoms with van der Waals surface area (Å²) in [7, 11) is 1.17. The highest BCUT2D eigenvalue weighted by atomic mass is 16.5. The maximum absolute atomic E-state index is 13.0. The highest BCUT2D eigenvalue weighted by molar-refractivity contribution is 6.08. The number of carbonyl (C=O) groups excluding carboxylic acids is 4. The first kappa shape index (κ1) is 24.4. The summed E-state index contributed by atoms with van der Waals surface area (Å²) in [5.41, 5.74) is 2.69. The molecule has 2 aromatic carbocycles. The number of amides is 3. The molecule has 176 valence electrons. The number of carbonyl (C=O) groups is 4. The number of esters is 1. The van der Waals surface area contributed by atoms with Gasteiger partial charge in [0.15, 0.2) is 0 Å². The van der Waals surface area contributed by atoms with E-state index in [4.69, 9.17) is 0 Å². The van der Waals surface area contributed by atoms with Gasteiger partial charge in [-0.3, -0.25) is 19.3 Å². The van der Waals surface area contributed by atoms with Gasteiger partial charge in [0.25, 0.3) is 11.8 Å². The number of methoxy groups -OCH3 is 1. The van der Waals surface area contributed by atoms with Gasteiger partial charge in [0.05, 0.1) is 13.7 Å². The Morgan fingerprint density at radius 3 is 2.21 bits per heavy atom. The molecule has 8 heteroatoms. The SMILES string of the molecule is C=C(NC(=O)C(=C)N1Cc2c(cccc2-c2ccc(NC(=O)C(C)(C)C)cc2)C1=O)C(=O)OC. The third-order valence-electron chi connectivity index (χ3n) is 5.39. The van der Waals surface area contributed by atoms with Crippen LogP contribution in [-0.2, 0) is 25.7 Å². The molecule has 0 spiro atoms. The first-order chi connectivity index (χ1) is 15.9. The average Bonchev–Trinajstić information content (AvgIpc) is 3.14. The fourth-order valence-electron chi connectivity index (χ4n) is 3.38. The van der Waals surface area contributed by atoms with Gasteiger partial charge in [-0.1, -0.05) is 58.2 Å². The van der Waals surface area contributed by atoms with Crippen LogP contribution in [0, 0.1) is 5.41 Å². The summed E-state index contributed by atoms with van der Waals surface area (Å²) in [4.78, 5) is 50.5. The highest BCUT2D eigenvalue weighted by Crippen LogP contribution is 2.34. The van der Waals surface area contributed by atoms with Gasteiger partial charge in [-0.25, -0.2) is 4.79 Å². The molecule has 2 aromatic rings. The second-order valence-corrected chi connectivity index (χ2v) is 8.88. The highest BCUT2D eigenvalue weighted by Gasteiger charge is 2.33. The zero-order valence-corrected chi connectivity index (χ0v) is 19.7. The van der Waals surface area contributed by atoms with Crippen molar-refractivity contribution in [3.63, 3.8) is 0 Å². The van der Waals surface area contributed by atoms with Gasteiger partial charge in [0.2, 0.25) is 5.91 Å². The number of fused-ring (bicyclic) bond motifs is 1. The van der Waals surface area contributed by atoms with E-state index in [0.29, 0.717) is 11.3 Å². The van der Waals surface area contributed by atoms with E-state index in [0.717, 1.165) is 16.7 Å². The van der Waals surface area contributed by atoms with Crippen LogP contribution in [0.3, 0.4) is 0 Å². The summed E-state index contributed by atoms with van der Waals surface area (Å²) < 4.78 is 4.51. The molecule has 2 N–H and O–H groups in total. The molecule has 0 saturated carbocycles. The monoisotopic (exact) mass is 461 g/mol. The largest absolute Gasteiger partial charge is 0.464 e. The lowest BCUT2D eigenvalue weighted by Crippen LogP contribution is -2.36. The van der Waals surface area contributed by atoms with Crippen molar-refractivity contribution < 1.29 is 23.9 Å². The smallest absolute Gasteiger partial charge is 0.353 e. The lowest BCUT2D eigenvalue weighted by Gasteiger charge is -2.18. The van der Waals surface area contributed by atoms with Crippen molar-refractivity contribution >= 4 is 29.4 Å². The molecule has 0 aromatic heterocycles. The third kappa shape index (κ3) is 4.91. The quantitative estimate of drug-likeness (QED) is 0.505. The minimum absolute atomic E-state index is 0.0891. The Kier molecular flexibility index (Phi) is 6.72. The van der Waals surface area contributed by atoms with Crippen molar-refractivity contribution in [2.24, 2.45) is 5.41 Å². The zero-order chi connectivity index (χ0) is 25.2. The van der Waals surface area contributed by atoms with Crippen molar-refractivity contribution in [1.82, 2.24) is 10.2 Å². The minimum atomic E-state index is -0.790. The molecule has 8 nitrogen and oxygen atoms in total. The lowest BCUT2D eigenvalue weighted by molar-refractivity contribution is -0.137. The van der Waals surface area contributed by atoms with Crippen molar-refractivity contribution in [3.8, 4) is 11.1 Å². The number of nitrogens with zero attached hydrogens (tertiary/aromatic N) is 1. The van der Waals surface area contributed by atoms with Crippen LogP contribution in [0.1, 0.15) is 36.7 Å². The fraction of sp³-hybridized carbons (Fsp3) is 0.231. The number of rotatable bonds is 6. The van der Waals surface area contributed by atoms with Crippen LogP contribution >= 0.6 is 0 Å². The van der Waals surface area contributed by atoms with E-state index in [1.807, 2.05) is 39.0 Å². The number of hydrogen-bond donors (Lipinski definition) is 2. The summed E-state index contributed by atoms with van der Waals surface area (Å²) in [6.45, 7) is 12.8. The van der Waals surface area contributed by atoms with Crippen molar-refractivity contribution in [1.29, 1.82) is 0 Å².